The highest BCUT2D eigenvalue weighted by atomic mass is 32.2. The van der Waals surface area contributed by atoms with E-state index >= 15 is 0 Å². The van der Waals surface area contributed by atoms with Gasteiger partial charge in [-0.2, -0.15) is 0 Å². The number of nitro benzene ring substituents is 1. The lowest BCUT2D eigenvalue weighted by molar-refractivity contribution is -0.384. The fourth-order valence-corrected chi connectivity index (χ4v) is 5.11. The fraction of sp³-hybridized carbons (Fsp3) is 0.217. The van der Waals surface area contributed by atoms with Crippen LogP contribution in [0.3, 0.4) is 0 Å². The number of ether oxygens (including phenoxy) is 3. The highest BCUT2D eigenvalue weighted by molar-refractivity contribution is 7.92. The van der Waals surface area contributed by atoms with Crippen molar-refractivity contribution in [1.82, 2.24) is 4.57 Å². The molecule has 10 nitrogen and oxygen atoms in total. The summed E-state index contributed by atoms with van der Waals surface area (Å²) in [5, 5.41) is 12.5. The second-order valence-corrected chi connectivity index (χ2v) is 9.08. The van der Waals surface area contributed by atoms with Crippen LogP contribution in [-0.2, 0) is 16.6 Å². The zero-order valence-corrected chi connectivity index (χ0v) is 19.8. The van der Waals surface area contributed by atoms with E-state index in [1.165, 1.54) is 57.7 Å². The van der Waals surface area contributed by atoms with E-state index < -0.39 is 14.9 Å². The lowest BCUT2D eigenvalue weighted by atomic mass is 10.1. The van der Waals surface area contributed by atoms with Gasteiger partial charge in [0.2, 0.25) is 5.75 Å². The average Bonchev–Trinajstić information content (AvgIpc) is 3.15. The zero-order chi connectivity index (χ0) is 24.6. The van der Waals surface area contributed by atoms with Gasteiger partial charge < -0.3 is 18.8 Å². The van der Waals surface area contributed by atoms with E-state index in [0.717, 1.165) is 11.0 Å². The van der Waals surface area contributed by atoms with Gasteiger partial charge in [-0.15, -0.1) is 0 Å². The first-order chi connectivity index (χ1) is 16.2. The van der Waals surface area contributed by atoms with Gasteiger partial charge in [-0.05, 0) is 31.2 Å². The molecule has 0 aliphatic carbocycles. The summed E-state index contributed by atoms with van der Waals surface area (Å²) in [6.45, 7) is 2.57. The molecule has 0 radical (unpaired) electrons. The van der Waals surface area contributed by atoms with E-state index in [1.54, 1.807) is 12.1 Å². The second kappa shape index (κ2) is 8.75. The minimum atomic E-state index is -4.01. The Morgan fingerprint density at radius 2 is 1.50 bits per heavy atom. The summed E-state index contributed by atoms with van der Waals surface area (Å²) in [5.74, 6) is 0.935. The Hall–Kier alpha value is -3.99. The van der Waals surface area contributed by atoms with Crippen LogP contribution in [0.15, 0.2) is 53.4 Å². The van der Waals surface area contributed by atoms with Crippen molar-refractivity contribution in [3.63, 3.8) is 0 Å². The molecule has 4 aromatic rings. The third-order valence-electron chi connectivity index (χ3n) is 5.57. The Bertz CT molecular complexity index is 1500. The van der Waals surface area contributed by atoms with Gasteiger partial charge in [-0.1, -0.05) is 0 Å². The van der Waals surface area contributed by atoms with Gasteiger partial charge >= 0.3 is 0 Å². The van der Waals surface area contributed by atoms with Crippen molar-refractivity contribution in [3.05, 3.63) is 58.6 Å². The van der Waals surface area contributed by atoms with Gasteiger partial charge in [0.1, 0.15) is 0 Å². The predicted octanol–water partition coefficient (Wildman–Crippen LogP) is 4.55. The predicted molar refractivity (Wildman–Crippen MR) is 129 cm³/mol. The molecule has 0 aliphatic rings. The van der Waals surface area contributed by atoms with Crippen LogP contribution in [0.5, 0.6) is 17.2 Å². The molecule has 1 N–H and O–H groups in total. The Labute approximate surface area is 195 Å². The quantitative estimate of drug-likeness (QED) is 0.287. The van der Waals surface area contributed by atoms with Crippen molar-refractivity contribution in [2.24, 2.45) is 0 Å². The number of hydrogen-bond acceptors (Lipinski definition) is 7. The van der Waals surface area contributed by atoms with Crippen LogP contribution >= 0.6 is 0 Å². The Balaban J connectivity index is 1.84. The van der Waals surface area contributed by atoms with Crippen LogP contribution < -0.4 is 18.9 Å². The van der Waals surface area contributed by atoms with Gasteiger partial charge in [0.05, 0.1) is 36.8 Å². The molecule has 4 rings (SSSR count). The highest BCUT2D eigenvalue weighted by Gasteiger charge is 2.21. The van der Waals surface area contributed by atoms with Crippen molar-refractivity contribution < 1.29 is 27.6 Å². The van der Waals surface area contributed by atoms with Crippen LogP contribution in [0, 0.1) is 10.1 Å². The first-order valence-corrected chi connectivity index (χ1v) is 11.8. The van der Waals surface area contributed by atoms with Crippen LogP contribution in [0.1, 0.15) is 6.92 Å². The molecule has 3 aromatic carbocycles. The van der Waals surface area contributed by atoms with E-state index in [9.17, 15) is 18.5 Å². The fourth-order valence-electron chi connectivity index (χ4n) is 4.05. The maximum Gasteiger partial charge on any atom is 0.270 e. The lowest BCUT2D eigenvalue weighted by Crippen LogP contribution is -2.13. The van der Waals surface area contributed by atoms with Gasteiger partial charge in [-0.3, -0.25) is 14.8 Å². The van der Waals surface area contributed by atoms with E-state index in [-0.39, 0.29) is 16.3 Å². The van der Waals surface area contributed by atoms with Crippen LogP contribution in [0.4, 0.5) is 11.4 Å². The Morgan fingerprint density at radius 1 is 0.912 bits per heavy atom. The Morgan fingerprint density at radius 3 is 2.03 bits per heavy atom. The van der Waals surface area contributed by atoms with Gasteiger partial charge in [0.15, 0.2) is 11.5 Å². The van der Waals surface area contributed by atoms with E-state index in [2.05, 4.69) is 4.72 Å². The number of rotatable bonds is 8. The standard InChI is InChI=1S/C23H23N3O7S/c1-5-25-19-8-6-15(26(27)28)12-17(19)18-13-16(7-9-20(18)25)34(29,30)24-14-10-21(31-2)23(33-4)22(11-14)32-3/h6-13,24H,5H2,1-4H3. The van der Waals surface area contributed by atoms with Crippen LogP contribution in [0.25, 0.3) is 21.8 Å². The topological polar surface area (TPSA) is 122 Å². The summed E-state index contributed by atoms with van der Waals surface area (Å²) in [7, 11) is 0.316. The summed E-state index contributed by atoms with van der Waals surface area (Å²) < 4.78 is 46.9. The molecule has 178 valence electrons. The molecule has 0 spiro atoms. The maximum absolute atomic E-state index is 13.2. The van der Waals surface area contributed by atoms with Crippen molar-refractivity contribution >= 4 is 43.2 Å². The lowest BCUT2D eigenvalue weighted by Gasteiger charge is -2.15. The summed E-state index contributed by atoms with van der Waals surface area (Å²) >= 11 is 0. The number of aryl methyl sites for hydroxylation is 1. The molecule has 11 heteroatoms. The third kappa shape index (κ3) is 3.83. The molecule has 0 unspecified atom stereocenters. The summed E-state index contributed by atoms with van der Waals surface area (Å²) in [6, 6.07) is 12.3. The van der Waals surface area contributed by atoms with Gasteiger partial charge in [0.25, 0.3) is 15.7 Å². The van der Waals surface area contributed by atoms with E-state index in [0.29, 0.717) is 34.6 Å². The maximum atomic E-state index is 13.2. The molecule has 0 fully saturated rings. The number of fused-ring (bicyclic) bond motifs is 3. The number of hydrogen-bond donors (Lipinski definition) is 1. The first-order valence-electron chi connectivity index (χ1n) is 10.3. The SMILES string of the molecule is CCn1c2ccc([N+](=O)[O-])cc2c2cc(S(=O)(=O)Nc3cc(OC)c(OC)c(OC)c3)ccc21. The number of sulfonamides is 1. The molecule has 1 heterocycles. The number of anilines is 1. The zero-order valence-electron chi connectivity index (χ0n) is 19.0. The third-order valence-corrected chi connectivity index (χ3v) is 6.95. The van der Waals surface area contributed by atoms with E-state index in [1.807, 2.05) is 11.5 Å². The van der Waals surface area contributed by atoms with Crippen molar-refractivity contribution in [3.8, 4) is 17.2 Å². The van der Waals surface area contributed by atoms with Crippen molar-refractivity contribution in [1.29, 1.82) is 0 Å². The first kappa shape index (κ1) is 23.2. The Kier molecular flexibility index (Phi) is 5.96. The molecule has 1 aromatic heterocycles. The minimum Gasteiger partial charge on any atom is -0.493 e. The molecule has 34 heavy (non-hydrogen) atoms. The smallest absolute Gasteiger partial charge is 0.270 e. The van der Waals surface area contributed by atoms with E-state index in [4.69, 9.17) is 14.2 Å². The summed E-state index contributed by atoms with van der Waals surface area (Å²) in [5.41, 5.74) is 1.73. The number of methoxy groups -OCH3 is 3. The molecule has 0 bridgehead atoms. The number of non-ortho nitro benzene ring substituents is 1. The summed E-state index contributed by atoms with van der Waals surface area (Å²) in [4.78, 5) is 10.8. The molecular weight excluding hydrogens is 462 g/mol. The molecule has 0 atom stereocenters. The monoisotopic (exact) mass is 485 g/mol. The van der Waals surface area contributed by atoms with Crippen LogP contribution in [-0.4, -0.2) is 39.2 Å². The molecule has 0 aliphatic heterocycles. The number of benzene rings is 3. The summed E-state index contributed by atoms with van der Waals surface area (Å²) in [6.07, 6.45) is 0. The normalized spacial score (nSPS) is 11.5. The average molecular weight is 486 g/mol. The number of nitro groups is 1. The van der Waals surface area contributed by atoms with Crippen molar-refractivity contribution in [2.45, 2.75) is 18.4 Å². The number of nitrogens with one attached hydrogen (secondary N) is 1. The molecule has 0 saturated carbocycles. The molecule has 0 saturated heterocycles. The van der Waals surface area contributed by atoms with Crippen molar-refractivity contribution in [2.75, 3.05) is 26.1 Å². The molecule has 0 amide bonds. The second-order valence-electron chi connectivity index (χ2n) is 7.40. The number of nitrogens with zero attached hydrogens (tertiary/aromatic N) is 2. The van der Waals surface area contributed by atoms with Gasteiger partial charge in [-0.25, -0.2) is 8.42 Å². The molecular formula is C23H23N3O7S. The number of aromatic nitrogens is 1. The largest absolute Gasteiger partial charge is 0.493 e. The van der Waals surface area contributed by atoms with Crippen LogP contribution in [0.2, 0.25) is 0 Å². The highest BCUT2D eigenvalue weighted by Crippen LogP contribution is 2.40. The minimum absolute atomic E-state index is 0.00964. The van der Waals surface area contributed by atoms with Gasteiger partial charge in [0, 0.05) is 52.6 Å².